The third-order valence-corrected chi connectivity index (χ3v) is 3.13. The molecule has 0 heterocycles. The predicted octanol–water partition coefficient (Wildman–Crippen LogP) is 2.83. The van der Waals surface area contributed by atoms with E-state index in [-0.39, 0.29) is 12.1 Å². The molecule has 2 amide bonds. The van der Waals surface area contributed by atoms with Gasteiger partial charge >= 0.3 is 6.03 Å². The summed E-state index contributed by atoms with van der Waals surface area (Å²) < 4.78 is 31.3. The van der Waals surface area contributed by atoms with E-state index in [9.17, 15) is 18.7 Å². The van der Waals surface area contributed by atoms with Gasteiger partial charge in [0.15, 0.2) is 0 Å². The number of aliphatic hydroxyl groups excluding tert-OH is 1. The van der Waals surface area contributed by atoms with Gasteiger partial charge in [0.05, 0.1) is 13.2 Å². The lowest BCUT2D eigenvalue weighted by atomic mass is 10.1. The average Bonchev–Trinajstić information content (AvgIpc) is 2.53. The molecule has 0 saturated heterocycles. The molecule has 5 nitrogen and oxygen atoms in total. The lowest BCUT2D eigenvalue weighted by molar-refractivity contribution is 0.170. The van der Waals surface area contributed by atoms with E-state index in [0.717, 1.165) is 12.1 Å². The number of ether oxygens (including phenoxy) is 1. The number of anilines is 1. The SMILES string of the molecule is COc1ccc(NC(=O)NCC(O)c2ccc(F)cc2F)cc1. The molecule has 23 heavy (non-hydrogen) atoms. The lowest BCUT2D eigenvalue weighted by Crippen LogP contribution is -2.32. The zero-order chi connectivity index (χ0) is 16.8. The highest BCUT2D eigenvalue weighted by Crippen LogP contribution is 2.18. The van der Waals surface area contributed by atoms with Crippen molar-refractivity contribution in [1.29, 1.82) is 0 Å². The van der Waals surface area contributed by atoms with E-state index in [2.05, 4.69) is 10.6 Å². The smallest absolute Gasteiger partial charge is 0.319 e. The van der Waals surface area contributed by atoms with Crippen LogP contribution in [-0.4, -0.2) is 24.8 Å². The second-order valence-corrected chi connectivity index (χ2v) is 4.75. The van der Waals surface area contributed by atoms with Crippen molar-refractivity contribution in [2.75, 3.05) is 19.0 Å². The Morgan fingerprint density at radius 2 is 1.91 bits per heavy atom. The van der Waals surface area contributed by atoms with Gasteiger partial charge in [-0.3, -0.25) is 0 Å². The van der Waals surface area contributed by atoms with Crippen LogP contribution in [-0.2, 0) is 0 Å². The molecule has 2 aromatic carbocycles. The Morgan fingerprint density at radius 1 is 1.22 bits per heavy atom. The van der Waals surface area contributed by atoms with E-state index in [1.807, 2.05) is 0 Å². The zero-order valence-corrected chi connectivity index (χ0v) is 12.3. The van der Waals surface area contributed by atoms with Gasteiger partial charge in [0, 0.05) is 23.9 Å². The summed E-state index contributed by atoms with van der Waals surface area (Å²) in [5, 5.41) is 14.8. The maximum Gasteiger partial charge on any atom is 0.319 e. The van der Waals surface area contributed by atoms with Crippen LogP contribution in [0.4, 0.5) is 19.3 Å². The topological polar surface area (TPSA) is 70.6 Å². The quantitative estimate of drug-likeness (QED) is 0.793. The summed E-state index contributed by atoms with van der Waals surface area (Å²) >= 11 is 0. The Labute approximate surface area is 131 Å². The van der Waals surface area contributed by atoms with Crippen molar-refractivity contribution < 1.29 is 23.4 Å². The first-order chi connectivity index (χ1) is 11.0. The minimum atomic E-state index is -1.28. The molecule has 0 aliphatic heterocycles. The summed E-state index contributed by atoms with van der Waals surface area (Å²) in [6.07, 6.45) is -1.28. The Bertz CT molecular complexity index is 678. The zero-order valence-electron chi connectivity index (χ0n) is 12.3. The lowest BCUT2D eigenvalue weighted by Gasteiger charge is -2.14. The van der Waals surface area contributed by atoms with Gasteiger partial charge in [-0.2, -0.15) is 0 Å². The molecule has 2 rings (SSSR count). The monoisotopic (exact) mass is 322 g/mol. The van der Waals surface area contributed by atoms with Gasteiger partial charge in [-0.15, -0.1) is 0 Å². The minimum absolute atomic E-state index is 0.0869. The second kappa shape index (κ2) is 7.55. The van der Waals surface area contributed by atoms with Gasteiger partial charge in [0.25, 0.3) is 0 Å². The number of hydrogen-bond donors (Lipinski definition) is 3. The van der Waals surface area contributed by atoms with Gasteiger partial charge in [-0.05, 0) is 30.3 Å². The fraction of sp³-hybridized carbons (Fsp3) is 0.188. The summed E-state index contributed by atoms with van der Waals surface area (Å²) in [6, 6.07) is 8.95. The average molecular weight is 322 g/mol. The van der Waals surface area contributed by atoms with Crippen LogP contribution in [0.1, 0.15) is 11.7 Å². The highest BCUT2D eigenvalue weighted by atomic mass is 19.1. The molecule has 1 unspecified atom stereocenters. The fourth-order valence-electron chi connectivity index (χ4n) is 1.92. The number of carbonyl (C=O) groups is 1. The summed E-state index contributed by atoms with van der Waals surface area (Å²) in [5.74, 6) is -0.948. The molecule has 0 aliphatic rings. The number of urea groups is 1. The fourth-order valence-corrected chi connectivity index (χ4v) is 1.92. The molecular weight excluding hydrogens is 306 g/mol. The van der Waals surface area contributed by atoms with Crippen LogP contribution < -0.4 is 15.4 Å². The third-order valence-electron chi connectivity index (χ3n) is 3.13. The molecule has 0 spiro atoms. The minimum Gasteiger partial charge on any atom is -0.497 e. The number of amides is 2. The molecule has 0 aromatic heterocycles. The molecule has 1 atom stereocenters. The van der Waals surface area contributed by atoms with E-state index in [4.69, 9.17) is 4.74 Å². The highest BCUT2D eigenvalue weighted by molar-refractivity contribution is 5.89. The van der Waals surface area contributed by atoms with Gasteiger partial charge in [-0.1, -0.05) is 6.07 Å². The summed E-state index contributed by atoms with van der Waals surface area (Å²) in [5.41, 5.74) is 0.446. The van der Waals surface area contributed by atoms with Crippen molar-refractivity contribution in [3.8, 4) is 5.75 Å². The molecule has 0 aliphatic carbocycles. The number of methoxy groups -OCH3 is 1. The maximum absolute atomic E-state index is 13.5. The number of rotatable bonds is 5. The van der Waals surface area contributed by atoms with E-state index < -0.39 is 23.8 Å². The van der Waals surface area contributed by atoms with Gasteiger partial charge < -0.3 is 20.5 Å². The standard InChI is InChI=1S/C16H16F2N2O3/c1-23-12-5-3-11(4-6-12)20-16(22)19-9-15(21)13-7-2-10(17)8-14(13)18/h2-8,15,21H,9H2,1H3,(H2,19,20,22). The normalized spacial score (nSPS) is 11.7. The first kappa shape index (κ1) is 16.7. The van der Waals surface area contributed by atoms with Gasteiger partial charge in [-0.25, -0.2) is 13.6 Å². The number of carbonyl (C=O) groups excluding carboxylic acids is 1. The van der Waals surface area contributed by atoms with E-state index >= 15 is 0 Å². The van der Waals surface area contributed by atoms with Crippen molar-refractivity contribution >= 4 is 11.7 Å². The van der Waals surface area contributed by atoms with Crippen LogP contribution in [0.5, 0.6) is 5.75 Å². The predicted molar refractivity (Wildman–Crippen MR) is 81.3 cm³/mol. The molecule has 122 valence electrons. The van der Waals surface area contributed by atoms with Crippen LogP contribution in [0.3, 0.4) is 0 Å². The molecule has 0 saturated carbocycles. The number of aliphatic hydroxyl groups is 1. The molecule has 7 heteroatoms. The van der Waals surface area contributed by atoms with Gasteiger partial charge in [0.1, 0.15) is 17.4 Å². The molecule has 0 bridgehead atoms. The Kier molecular flexibility index (Phi) is 5.48. The third kappa shape index (κ3) is 4.65. The van der Waals surface area contributed by atoms with Crippen LogP contribution in [0.15, 0.2) is 42.5 Å². The van der Waals surface area contributed by atoms with Crippen molar-refractivity contribution in [2.45, 2.75) is 6.10 Å². The molecular formula is C16H16F2N2O3. The van der Waals surface area contributed by atoms with Crippen LogP contribution >= 0.6 is 0 Å². The number of hydrogen-bond acceptors (Lipinski definition) is 3. The van der Waals surface area contributed by atoms with Crippen LogP contribution in [0.25, 0.3) is 0 Å². The summed E-state index contributed by atoms with van der Waals surface area (Å²) in [4.78, 5) is 11.7. The van der Waals surface area contributed by atoms with Gasteiger partial charge in [0.2, 0.25) is 0 Å². The van der Waals surface area contributed by atoms with Crippen molar-refractivity contribution in [2.24, 2.45) is 0 Å². The number of halogens is 2. The largest absolute Gasteiger partial charge is 0.497 e. The molecule has 0 fully saturated rings. The number of nitrogens with one attached hydrogen (secondary N) is 2. The first-order valence-electron chi connectivity index (χ1n) is 6.81. The Balaban J connectivity index is 1.87. The highest BCUT2D eigenvalue weighted by Gasteiger charge is 2.14. The maximum atomic E-state index is 13.5. The van der Waals surface area contributed by atoms with Crippen molar-refractivity contribution in [3.63, 3.8) is 0 Å². The Hall–Kier alpha value is -2.67. The van der Waals surface area contributed by atoms with Crippen molar-refractivity contribution in [1.82, 2.24) is 5.32 Å². The van der Waals surface area contributed by atoms with E-state index in [0.29, 0.717) is 17.5 Å². The molecule has 2 aromatic rings. The van der Waals surface area contributed by atoms with E-state index in [1.54, 1.807) is 24.3 Å². The van der Waals surface area contributed by atoms with Crippen LogP contribution in [0, 0.1) is 11.6 Å². The molecule has 3 N–H and O–H groups in total. The Morgan fingerprint density at radius 3 is 2.52 bits per heavy atom. The van der Waals surface area contributed by atoms with Crippen LogP contribution in [0.2, 0.25) is 0 Å². The molecule has 0 radical (unpaired) electrons. The second-order valence-electron chi connectivity index (χ2n) is 4.75. The summed E-state index contributed by atoms with van der Waals surface area (Å²) in [6.45, 7) is -0.218. The first-order valence-corrected chi connectivity index (χ1v) is 6.81. The summed E-state index contributed by atoms with van der Waals surface area (Å²) in [7, 11) is 1.53. The van der Waals surface area contributed by atoms with E-state index in [1.165, 1.54) is 7.11 Å². The van der Waals surface area contributed by atoms with Crippen molar-refractivity contribution in [3.05, 3.63) is 59.7 Å². The number of benzene rings is 2.